The van der Waals surface area contributed by atoms with Gasteiger partial charge in [-0.2, -0.15) is 5.26 Å². The van der Waals surface area contributed by atoms with E-state index >= 15 is 0 Å². The van der Waals surface area contributed by atoms with E-state index in [0.29, 0.717) is 0 Å². The van der Waals surface area contributed by atoms with Gasteiger partial charge < -0.3 is 4.90 Å². The summed E-state index contributed by atoms with van der Waals surface area (Å²) in [7, 11) is 0. The van der Waals surface area contributed by atoms with Gasteiger partial charge in [-0.25, -0.2) is 0 Å². The van der Waals surface area contributed by atoms with E-state index in [9.17, 15) is 0 Å². The maximum absolute atomic E-state index is 8.64. The predicted octanol–water partition coefficient (Wildman–Crippen LogP) is 1.76. The van der Waals surface area contributed by atoms with Crippen LogP contribution in [0, 0.1) is 11.3 Å². The third-order valence-electron chi connectivity index (χ3n) is 2.28. The maximum atomic E-state index is 8.64. The lowest BCUT2D eigenvalue weighted by molar-refractivity contribution is 0.800. The summed E-state index contributed by atoms with van der Waals surface area (Å²) < 4.78 is 0. The van der Waals surface area contributed by atoms with E-state index in [2.05, 4.69) is 18.2 Å². The Morgan fingerprint density at radius 1 is 1.50 bits per heavy atom. The Morgan fingerprint density at radius 2 is 2.21 bits per heavy atom. The van der Waals surface area contributed by atoms with E-state index in [-0.39, 0.29) is 6.04 Å². The van der Waals surface area contributed by atoms with Crippen LogP contribution in [0.15, 0.2) is 30.3 Å². The Kier molecular flexibility index (Phi) is 2.47. The van der Waals surface area contributed by atoms with E-state index in [0.717, 1.165) is 18.0 Å². The Morgan fingerprint density at radius 3 is 2.79 bits per heavy atom. The van der Waals surface area contributed by atoms with Crippen molar-refractivity contribution in [2.75, 3.05) is 6.54 Å². The van der Waals surface area contributed by atoms with Crippen LogP contribution in [0.4, 0.5) is 0 Å². The molecular formula is C11H10N2S. The van der Waals surface area contributed by atoms with Gasteiger partial charge in [-0.15, -0.1) is 0 Å². The molecule has 1 unspecified atom stereocenters. The van der Waals surface area contributed by atoms with Crippen molar-refractivity contribution in [3.05, 3.63) is 35.9 Å². The van der Waals surface area contributed by atoms with Crippen molar-refractivity contribution in [1.29, 1.82) is 5.26 Å². The molecule has 14 heavy (non-hydrogen) atoms. The van der Waals surface area contributed by atoms with Gasteiger partial charge in [0, 0.05) is 6.42 Å². The molecule has 1 heterocycles. The predicted molar refractivity (Wildman–Crippen MR) is 58.9 cm³/mol. The summed E-state index contributed by atoms with van der Waals surface area (Å²) in [6.07, 6.45) is 0.772. The highest BCUT2D eigenvalue weighted by atomic mass is 32.1. The van der Waals surface area contributed by atoms with Gasteiger partial charge in [0.1, 0.15) is 6.04 Å². The molecule has 1 aromatic carbocycles. The second kappa shape index (κ2) is 3.77. The first-order chi connectivity index (χ1) is 6.81. The van der Waals surface area contributed by atoms with Crippen molar-refractivity contribution in [2.24, 2.45) is 0 Å². The first-order valence-corrected chi connectivity index (χ1v) is 4.95. The molecule has 1 saturated heterocycles. The molecule has 1 aliphatic heterocycles. The third-order valence-corrected chi connectivity index (χ3v) is 2.66. The normalized spacial score (nSPS) is 18.8. The largest absolute Gasteiger partial charge is 0.345 e. The minimum absolute atomic E-state index is 0.0335. The summed E-state index contributed by atoms with van der Waals surface area (Å²) >= 11 is 5.24. The van der Waals surface area contributed by atoms with Gasteiger partial charge in [-0.1, -0.05) is 42.5 Å². The fourth-order valence-corrected chi connectivity index (χ4v) is 1.77. The molecule has 1 atom stereocenters. The Hall–Kier alpha value is -1.40. The molecule has 1 fully saturated rings. The van der Waals surface area contributed by atoms with Crippen molar-refractivity contribution >= 4 is 17.2 Å². The molecule has 0 amide bonds. The highest BCUT2D eigenvalue weighted by Gasteiger charge is 2.35. The Balaban J connectivity index is 1.94. The number of nitriles is 1. The lowest BCUT2D eigenvalue weighted by atomic mass is 10.1. The van der Waals surface area contributed by atoms with Crippen molar-refractivity contribution in [2.45, 2.75) is 12.5 Å². The maximum Gasteiger partial charge on any atom is 0.135 e. The fourth-order valence-electron chi connectivity index (χ4n) is 1.40. The van der Waals surface area contributed by atoms with Crippen molar-refractivity contribution in [3.8, 4) is 6.07 Å². The Bertz CT molecular complexity index is 380. The van der Waals surface area contributed by atoms with Crippen molar-refractivity contribution < 1.29 is 0 Å². The number of nitrogens with zero attached hydrogens (tertiary/aromatic N) is 2. The zero-order valence-electron chi connectivity index (χ0n) is 7.68. The van der Waals surface area contributed by atoms with E-state index in [1.807, 2.05) is 23.1 Å². The van der Waals surface area contributed by atoms with Gasteiger partial charge in [0.05, 0.1) is 17.6 Å². The lowest BCUT2D eigenvalue weighted by Crippen LogP contribution is -2.13. The first-order valence-electron chi connectivity index (χ1n) is 4.54. The van der Waals surface area contributed by atoms with Crippen LogP contribution in [-0.2, 0) is 6.42 Å². The molecule has 0 saturated carbocycles. The van der Waals surface area contributed by atoms with Gasteiger partial charge in [0.2, 0.25) is 0 Å². The quantitative estimate of drug-likeness (QED) is 0.540. The van der Waals surface area contributed by atoms with Gasteiger partial charge in [0.25, 0.3) is 0 Å². The van der Waals surface area contributed by atoms with E-state index in [1.165, 1.54) is 5.56 Å². The van der Waals surface area contributed by atoms with E-state index in [4.69, 9.17) is 17.5 Å². The van der Waals surface area contributed by atoms with Crippen molar-refractivity contribution in [1.82, 2.24) is 4.90 Å². The third kappa shape index (κ3) is 1.91. The standard InChI is InChI=1S/C11H10N2S/c12-7-10-8-13(10)11(14)6-9-4-2-1-3-5-9/h1-5,10H,6,8H2. The molecule has 3 heteroatoms. The number of benzene rings is 1. The van der Waals surface area contributed by atoms with Crippen LogP contribution in [0.25, 0.3) is 0 Å². The molecule has 0 spiro atoms. The van der Waals surface area contributed by atoms with Gasteiger partial charge >= 0.3 is 0 Å². The van der Waals surface area contributed by atoms with Crippen LogP contribution in [0.3, 0.4) is 0 Å². The number of rotatable bonds is 2. The van der Waals surface area contributed by atoms with Crippen LogP contribution < -0.4 is 0 Å². The van der Waals surface area contributed by atoms with Gasteiger partial charge in [0.15, 0.2) is 0 Å². The summed E-state index contributed by atoms with van der Waals surface area (Å²) in [4.78, 5) is 2.84. The second-order valence-corrected chi connectivity index (χ2v) is 3.82. The van der Waals surface area contributed by atoms with Gasteiger partial charge in [-0.3, -0.25) is 0 Å². The molecule has 2 nitrogen and oxygen atoms in total. The highest BCUT2D eigenvalue weighted by Crippen LogP contribution is 2.19. The summed E-state index contributed by atoms with van der Waals surface area (Å²) in [6, 6.07) is 12.3. The van der Waals surface area contributed by atoms with Crippen LogP contribution in [0.2, 0.25) is 0 Å². The topological polar surface area (TPSA) is 26.8 Å². The molecule has 0 aliphatic carbocycles. The Labute approximate surface area is 88.8 Å². The molecule has 1 aromatic rings. The number of hydrogen-bond donors (Lipinski definition) is 0. The van der Waals surface area contributed by atoms with Crippen molar-refractivity contribution in [3.63, 3.8) is 0 Å². The molecule has 2 rings (SSSR count). The zero-order valence-corrected chi connectivity index (χ0v) is 8.50. The van der Waals surface area contributed by atoms with E-state index < -0.39 is 0 Å². The lowest BCUT2D eigenvalue weighted by Gasteiger charge is -2.04. The van der Waals surface area contributed by atoms with Crippen LogP contribution >= 0.6 is 12.2 Å². The number of hydrogen-bond acceptors (Lipinski definition) is 2. The molecule has 0 bridgehead atoms. The summed E-state index contributed by atoms with van der Waals surface area (Å²) in [5.41, 5.74) is 1.21. The average molecular weight is 202 g/mol. The molecule has 0 aromatic heterocycles. The van der Waals surface area contributed by atoms with Gasteiger partial charge in [-0.05, 0) is 5.56 Å². The van der Waals surface area contributed by atoms with Crippen LogP contribution in [0.5, 0.6) is 0 Å². The molecule has 0 N–H and O–H groups in total. The minimum Gasteiger partial charge on any atom is -0.345 e. The highest BCUT2D eigenvalue weighted by molar-refractivity contribution is 7.80. The summed E-state index contributed by atoms with van der Waals surface area (Å²) in [6.45, 7) is 0.808. The first kappa shape index (κ1) is 9.17. The second-order valence-electron chi connectivity index (χ2n) is 3.35. The molecule has 1 aliphatic rings. The number of thiocarbonyl (C=S) groups is 1. The smallest absolute Gasteiger partial charge is 0.135 e. The zero-order chi connectivity index (χ0) is 9.97. The average Bonchev–Trinajstić information content (AvgIpc) is 2.98. The monoisotopic (exact) mass is 202 g/mol. The summed E-state index contributed by atoms with van der Waals surface area (Å²) in [5, 5.41) is 8.64. The fraction of sp³-hybridized carbons (Fsp3) is 0.273. The SMILES string of the molecule is N#CC1CN1C(=S)Cc1ccccc1. The molecule has 70 valence electrons. The van der Waals surface area contributed by atoms with Crippen LogP contribution in [-0.4, -0.2) is 22.5 Å². The molecular weight excluding hydrogens is 192 g/mol. The molecule has 0 radical (unpaired) electrons. The van der Waals surface area contributed by atoms with E-state index in [1.54, 1.807) is 0 Å². The summed E-state index contributed by atoms with van der Waals surface area (Å²) in [5.74, 6) is 0. The van der Waals surface area contributed by atoms with Crippen LogP contribution in [0.1, 0.15) is 5.56 Å². The minimum atomic E-state index is 0.0335.